The van der Waals surface area contributed by atoms with Gasteiger partial charge in [-0.05, 0) is 48.9 Å². The molecule has 0 radical (unpaired) electrons. The van der Waals surface area contributed by atoms with E-state index in [1.54, 1.807) is 18.2 Å². The summed E-state index contributed by atoms with van der Waals surface area (Å²) < 4.78 is 25.0. The number of rotatable bonds is 5. The van der Waals surface area contributed by atoms with Gasteiger partial charge in [-0.2, -0.15) is 0 Å². The number of nitrogens with one attached hydrogen (secondary N) is 2. The number of hydrogen-bond acceptors (Lipinski definition) is 4. The van der Waals surface area contributed by atoms with E-state index in [-0.39, 0.29) is 18.0 Å². The highest BCUT2D eigenvalue weighted by molar-refractivity contribution is 5.98. The number of carbonyl (C=O) groups is 1. The van der Waals surface area contributed by atoms with Gasteiger partial charge in [0.25, 0.3) is 12.3 Å². The molecule has 0 atom stereocenters. The van der Waals surface area contributed by atoms with Gasteiger partial charge in [0.2, 0.25) is 0 Å². The summed E-state index contributed by atoms with van der Waals surface area (Å²) in [4.78, 5) is 20.8. The number of carbonyl (C=O) groups excluding carboxylic acids is 1. The molecule has 0 spiro atoms. The third-order valence-corrected chi connectivity index (χ3v) is 4.03. The highest BCUT2D eigenvalue weighted by atomic mass is 19.3. The van der Waals surface area contributed by atoms with Gasteiger partial charge >= 0.3 is 0 Å². The van der Waals surface area contributed by atoms with Gasteiger partial charge in [-0.25, -0.2) is 13.8 Å². The lowest BCUT2D eigenvalue weighted by Crippen LogP contribution is -2.23. The number of halogens is 2. The number of alkyl halides is 2. The summed E-state index contributed by atoms with van der Waals surface area (Å²) in [6.07, 6.45) is -1.43. The zero-order valence-corrected chi connectivity index (χ0v) is 14.4. The fourth-order valence-electron chi connectivity index (χ4n) is 2.62. The van der Waals surface area contributed by atoms with Crippen LogP contribution in [0.2, 0.25) is 0 Å². The summed E-state index contributed by atoms with van der Waals surface area (Å²) in [5.74, 6) is 0.537. The first-order valence-electron chi connectivity index (χ1n) is 8.08. The second-order valence-electron chi connectivity index (χ2n) is 5.88. The molecule has 3 aromatic rings. The van der Waals surface area contributed by atoms with Gasteiger partial charge < -0.3 is 10.6 Å². The first kappa shape index (κ1) is 17.7. The van der Waals surface area contributed by atoms with Crippen LogP contribution in [0.1, 0.15) is 33.6 Å². The maximum Gasteiger partial charge on any atom is 0.265 e. The average Bonchev–Trinajstić information content (AvgIpc) is 2.65. The van der Waals surface area contributed by atoms with Crippen molar-refractivity contribution >= 4 is 22.6 Å². The number of nitrogens with zero attached hydrogens (tertiary/aromatic N) is 2. The van der Waals surface area contributed by atoms with E-state index in [4.69, 9.17) is 0 Å². The minimum atomic E-state index is -2.55. The number of pyridine rings is 2. The van der Waals surface area contributed by atoms with Crippen molar-refractivity contribution in [2.24, 2.45) is 0 Å². The molecule has 5 nitrogen and oxygen atoms in total. The van der Waals surface area contributed by atoms with Crippen molar-refractivity contribution in [2.45, 2.75) is 19.9 Å². The first-order valence-corrected chi connectivity index (χ1v) is 8.08. The van der Waals surface area contributed by atoms with E-state index in [0.717, 1.165) is 28.5 Å². The Labute approximate surface area is 149 Å². The van der Waals surface area contributed by atoms with Crippen LogP contribution in [0.3, 0.4) is 0 Å². The van der Waals surface area contributed by atoms with Crippen LogP contribution in [0, 0.1) is 6.92 Å². The molecule has 0 unspecified atom stereocenters. The predicted molar refractivity (Wildman–Crippen MR) is 96.4 cm³/mol. The van der Waals surface area contributed by atoms with Crippen LogP contribution < -0.4 is 10.6 Å². The summed E-state index contributed by atoms with van der Waals surface area (Å²) in [5, 5.41) is 6.64. The Balaban J connectivity index is 1.73. The molecule has 2 heterocycles. The van der Waals surface area contributed by atoms with E-state index < -0.39 is 6.43 Å². The highest BCUT2D eigenvalue weighted by Gasteiger charge is 2.10. The first-order chi connectivity index (χ1) is 12.5. The summed E-state index contributed by atoms with van der Waals surface area (Å²) >= 11 is 0. The smallest absolute Gasteiger partial charge is 0.265 e. The van der Waals surface area contributed by atoms with E-state index in [1.807, 2.05) is 20.0 Å². The normalized spacial score (nSPS) is 11.0. The second kappa shape index (κ2) is 7.43. The molecule has 0 aliphatic heterocycles. The molecule has 7 heteroatoms. The standard InChI is InChI=1S/C19H18F2N4O/c1-11-7-14-8-12(4-6-16(14)25-18(11)22-2)19(26)24-10-15-5-3-13(9-23-15)17(20)21/h3-9,17H,10H2,1-2H3,(H,22,25)(H,24,26). The highest BCUT2D eigenvalue weighted by Crippen LogP contribution is 2.21. The number of aryl methyl sites for hydroxylation is 1. The Morgan fingerprint density at radius 2 is 2.00 bits per heavy atom. The number of benzene rings is 1. The fraction of sp³-hybridized carbons (Fsp3) is 0.211. The molecule has 1 amide bonds. The van der Waals surface area contributed by atoms with Crippen molar-refractivity contribution in [1.29, 1.82) is 0 Å². The van der Waals surface area contributed by atoms with Gasteiger partial charge in [0, 0.05) is 29.8 Å². The third kappa shape index (κ3) is 3.77. The van der Waals surface area contributed by atoms with Crippen molar-refractivity contribution < 1.29 is 13.6 Å². The molecule has 2 N–H and O–H groups in total. The van der Waals surface area contributed by atoms with Gasteiger partial charge in [-0.15, -0.1) is 0 Å². The Hall–Kier alpha value is -3.09. The lowest BCUT2D eigenvalue weighted by molar-refractivity contribution is 0.0950. The van der Waals surface area contributed by atoms with Crippen LogP contribution in [0.25, 0.3) is 10.9 Å². The zero-order valence-electron chi connectivity index (χ0n) is 14.4. The maximum atomic E-state index is 12.5. The number of fused-ring (bicyclic) bond motifs is 1. The Bertz CT molecular complexity index is 942. The molecule has 0 aliphatic rings. The molecule has 0 saturated carbocycles. The zero-order chi connectivity index (χ0) is 18.7. The SMILES string of the molecule is CNc1nc2ccc(C(=O)NCc3ccc(C(F)F)cn3)cc2cc1C. The van der Waals surface area contributed by atoms with E-state index >= 15 is 0 Å². The molecule has 0 bridgehead atoms. The number of anilines is 1. The van der Waals surface area contributed by atoms with Crippen LogP contribution >= 0.6 is 0 Å². The minimum Gasteiger partial charge on any atom is -0.373 e. The van der Waals surface area contributed by atoms with E-state index in [1.165, 1.54) is 12.1 Å². The Morgan fingerprint density at radius 1 is 1.19 bits per heavy atom. The topological polar surface area (TPSA) is 66.9 Å². The van der Waals surface area contributed by atoms with Crippen molar-refractivity contribution in [1.82, 2.24) is 15.3 Å². The van der Waals surface area contributed by atoms with Crippen molar-refractivity contribution in [3.05, 3.63) is 65.0 Å². The van der Waals surface area contributed by atoms with Gasteiger partial charge in [0.1, 0.15) is 5.82 Å². The third-order valence-electron chi connectivity index (χ3n) is 4.03. The van der Waals surface area contributed by atoms with E-state index in [0.29, 0.717) is 11.3 Å². The van der Waals surface area contributed by atoms with Crippen LogP contribution in [-0.4, -0.2) is 22.9 Å². The minimum absolute atomic E-state index is 0.140. The lowest BCUT2D eigenvalue weighted by Gasteiger charge is -2.09. The van der Waals surface area contributed by atoms with Crippen molar-refractivity contribution in [2.75, 3.05) is 12.4 Å². The van der Waals surface area contributed by atoms with E-state index in [2.05, 4.69) is 20.6 Å². The summed E-state index contributed by atoms with van der Waals surface area (Å²) in [6, 6.07) is 10.0. The Kier molecular flexibility index (Phi) is 5.06. The number of hydrogen-bond donors (Lipinski definition) is 2. The van der Waals surface area contributed by atoms with Crippen LogP contribution in [-0.2, 0) is 6.54 Å². The van der Waals surface area contributed by atoms with Gasteiger partial charge in [0.05, 0.1) is 17.8 Å². The molecular formula is C19H18F2N4O. The van der Waals surface area contributed by atoms with Crippen molar-refractivity contribution in [3.8, 4) is 0 Å². The summed E-state index contributed by atoms with van der Waals surface area (Å²) in [5.41, 5.74) is 2.65. The largest absolute Gasteiger partial charge is 0.373 e. The van der Waals surface area contributed by atoms with Crippen molar-refractivity contribution in [3.63, 3.8) is 0 Å². The molecule has 0 aliphatic carbocycles. The fourth-order valence-corrected chi connectivity index (χ4v) is 2.62. The molecule has 2 aromatic heterocycles. The predicted octanol–water partition coefficient (Wildman–Crippen LogP) is 3.85. The van der Waals surface area contributed by atoms with Gasteiger partial charge in [0.15, 0.2) is 0 Å². The van der Waals surface area contributed by atoms with Gasteiger partial charge in [-0.3, -0.25) is 9.78 Å². The quantitative estimate of drug-likeness (QED) is 0.729. The van der Waals surface area contributed by atoms with Crippen LogP contribution in [0.4, 0.5) is 14.6 Å². The molecule has 0 saturated heterocycles. The molecule has 0 fully saturated rings. The van der Waals surface area contributed by atoms with E-state index in [9.17, 15) is 13.6 Å². The maximum absolute atomic E-state index is 12.5. The molecular weight excluding hydrogens is 338 g/mol. The summed E-state index contributed by atoms with van der Waals surface area (Å²) in [7, 11) is 1.81. The average molecular weight is 356 g/mol. The number of aromatic nitrogens is 2. The van der Waals surface area contributed by atoms with Gasteiger partial charge in [-0.1, -0.05) is 0 Å². The molecule has 26 heavy (non-hydrogen) atoms. The van der Waals surface area contributed by atoms with Crippen LogP contribution in [0.5, 0.6) is 0 Å². The summed E-state index contributed by atoms with van der Waals surface area (Å²) in [6.45, 7) is 2.11. The molecule has 134 valence electrons. The number of amides is 1. The monoisotopic (exact) mass is 356 g/mol. The second-order valence-corrected chi connectivity index (χ2v) is 5.88. The van der Waals surface area contributed by atoms with Crippen LogP contribution in [0.15, 0.2) is 42.6 Å². The molecule has 3 rings (SSSR count). The molecule has 1 aromatic carbocycles. The Morgan fingerprint density at radius 3 is 2.65 bits per heavy atom. The lowest BCUT2D eigenvalue weighted by atomic mass is 10.1.